The number of carboxylic acid groups (broad SMARTS) is 1. The number of nitrogens with zero attached hydrogens (tertiary/aromatic N) is 7. The first kappa shape index (κ1) is 32.5. The van der Waals surface area contributed by atoms with Gasteiger partial charge in [-0.2, -0.15) is 0 Å². The molecule has 2 aliphatic heterocycles. The number of piperidine rings is 1. The molecule has 3 atom stereocenters. The highest BCUT2D eigenvalue weighted by molar-refractivity contribution is 6.30. The zero-order valence-corrected chi connectivity index (χ0v) is 28.5. The lowest BCUT2D eigenvalue weighted by molar-refractivity contribution is -0.0458. The third-order valence-corrected chi connectivity index (χ3v) is 10.7. The van der Waals surface area contributed by atoms with E-state index in [1.165, 1.54) is 23.3 Å². The molecule has 5 aromatic rings. The number of amides is 1. The molecule has 13 nitrogen and oxygen atoms in total. The normalized spacial score (nSPS) is 24.0. The molecule has 0 radical (unpaired) electrons. The number of fused-ring (bicyclic) bond motifs is 2. The molecule has 0 bridgehead atoms. The molecule has 1 amide bonds. The van der Waals surface area contributed by atoms with Gasteiger partial charge in [-0.3, -0.25) is 14.5 Å². The molecule has 1 unspecified atom stereocenters. The van der Waals surface area contributed by atoms with Gasteiger partial charge >= 0.3 is 11.8 Å². The topological polar surface area (TPSA) is 156 Å². The van der Waals surface area contributed by atoms with E-state index in [9.17, 15) is 14.7 Å². The van der Waals surface area contributed by atoms with Crippen LogP contribution in [0.2, 0.25) is 5.02 Å². The van der Waals surface area contributed by atoms with E-state index in [2.05, 4.69) is 43.6 Å². The number of anilines is 1. The minimum atomic E-state index is -0.937. The highest BCUT2D eigenvalue weighted by atomic mass is 35.5. The number of H-pyrrole nitrogens is 1. The second-order valence-electron chi connectivity index (χ2n) is 13.9. The van der Waals surface area contributed by atoms with Crippen LogP contribution in [0.25, 0.3) is 33.8 Å². The second kappa shape index (κ2) is 13.5. The number of benzene rings is 1. The molecule has 50 heavy (non-hydrogen) atoms. The molecule has 1 saturated carbocycles. The largest absolute Gasteiger partial charge is 0.465 e. The molecule has 3 aliphatic rings. The highest BCUT2D eigenvalue weighted by Crippen LogP contribution is 2.40. The number of hydrogen-bond acceptors (Lipinski definition) is 9. The Morgan fingerprint density at radius 3 is 2.64 bits per heavy atom. The summed E-state index contributed by atoms with van der Waals surface area (Å²) >= 11 is 6.49. The van der Waals surface area contributed by atoms with Crippen LogP contribution in [0.4, 0.5) is 10.7 Å². The van der Waals surface area contributed by atoms with E-state index in [0.717, 1.165) is 37.3 Å². The van der Waals surface area contributed by atoms with Crippen molar-refractivity contribution in [2.75, 3.05) is 24.6 Å². The summed E-state index contributed by atoms with van der Waals surface area (Å²) in [6.45, 7) is 4.17. The lowest BCUT2D eigenvalue weighted by Gasteiger charge is -2.50. The number of pyridine rings is 2. The average molecular weight is 699 g/mol. The van der Waals surface area contributed by atoms with Crippen LogP contribution in [0.3, 0.4) is 0 Å². The summed E-state index contributed by atoms with van der Waals surface area (Å²) in [6, 6.07) is 13.9. The number of aromatic amines is 1. The smallest absolute Gasteiger partial charge is 0.439 e. The van der Waals surface area contributed by atoms with Crippen molar-refractivity contribution in [2.45, 2.75) is 70.2 Å². The van der Waals surface area contributed by atoms with Crippen LogP contribution in [0, 0.1) is 11.8 Å². The Kier molecular flexibility index (Phi) is 8.77. The van der Waals surface area contributed by atoms with Gasteiger partial charge in [-0.25, -0.2) is 19.6 Å². The van der Waals surface area contributed by atoms with E-state index in [1.807, 2.05) is 30.3 Å². The fourth-order valence-corrected chi connectivity index (χ4v) is 8.16. The molecule has 2 N–H and O–H groups in total. The summed E-state index contributed by atoms with van der Waals surface area (Å²) in [5.74, 6) is 1.44. The fraction of sp³-hybridized carbons (Fsp3) is 0.444. The van der Waals surface area contributed by atoms with E-state index in [4.69, 9.17) is 30.8 Å². The maximum Gasteiger partial charge on any atom is 0.439 e. The van der Waals surface area contributed by atoms with Crippen LogP contribution < -0.4 is 10.7 Å². The van der Waals surface area contributed by atoms with Gasteiger partial charge in [-0.1, -0.05) is 66.9 Å². The summed E-state index contributed by atoms with van der Waals surface area (Å²) in [7, 11) is 0. The average Bonchev–Trinajstić information content (AvgIpc) is 3.72. The SMILES string of the molecule is C[C@H]1CC[C@H](Cn2c(N3C(Cc4ccccc4)CO[C@@H]4CN(C(=O)O)CC[C@H]43)nc3cc(-c4noc(=O)[nH]4)nc(-c4cncc(Cl)c4)c32)CC1. The summed E-state index contributed by atoms with van der Waals surface area (Å²) < 4.78 is 13.7. The quantitative estimate of drug-likeness (QED) is 0.210. The molecule has 2 saturated heterocycles. The molecule has 4 aromatic heterocycles. The number of morpholine rings is 1. The number of nitrogens with one attached hydrogen (secondary N) is 1. The van der Waals surface area contributed by atoms with Crippen molar-refractivity contribution in [1.29, 1.82) is 0 Å². The molecule has 0 spiro atoms. The standard InChI is InChI=1S/C36H39ClN8O5/c1-21-7-9-23(10-8-21)18-44-32-27(15-28(33-41-35(46)50-42-33)39-31(32)24-14-25(37)17-38-16-24)40-34(44)45-26(13-22-5-3-2-4-6-22)20-49-30-19-43(36(47)48)12-11-29(30)45/h2-6,14-17,21,23,26,29-30H,7-13,18-20H2,1H3,(H,47,48)(H,41,42,46)/t21-,23-,26?,29-,30-/m1/s1. The van der Waals surface area contributed by atoms with Gasteiger partial charge in [-0.15, -0.1) is 0 Å². The van der Waals surface area contributed by atoms with Crippen molar-refractivity contribution in [1.82, 2.24) is 34.6 Å². The van der Waals surface area contributed by atoms with Crippen molar-refractivity contribution in [3.63, 3.8) is 0 Å². The molecule has 6 heterocycles. The summed E-state index contributed by atoms with van der Waals surface area (Å²) in [6.07, 6.45) is 7.94. The van der Waals surface area contributed by atoms with Crippen molar-refractivity contribution < 1.29 is 19.2 Å². The number of likely N-dealkylation sites (tertiary alicyclic amines) is 1. The zero-order valence-electron chi connectivity index (χ0n) is 27.7. The lowest BCUT2D eigenvalue weighted by Crippen LogP contribution is -2.64. The Morgan fingerprint density at radius 1 is 1.08 bits per heavy atom. The van der Waals surface area contributed by atoms with Crippen molar-refractivity contribution >= 4 is 34.7 Å². The minimum Gasteiger partial charge on any atom is -0.465 e. The van der Waals surface area contributed by atoms with Gasteiger partial charge in [0.2, 0.25) is 11.8 Å². The first-order valence-electron chi connectivity index (χ1n) is 17.3. The summed E-state index contributed by atoms with van der Waals surface area (Å²) in [4.78, 5) is 45.4. The molecule has 1 aliphatic carbocycles. The third kappa shape index (κ3) is 6.35. The number of hydrogen-bond donors (Lipinski definition) is 2. The van der Waals surface area contributed by atoms with E-state index < -0.39 is 11.8 Å². The first-order chi connectivity index (χ1) is 24.3. The van der Waals surface area contributed by atoms with E-state index in [-0.39, 0.29) is 24.0 Å². The number of carbonyl (C=O) groups is 1. The zero-order chi connectivity index (χ0) is 34.4. The molecular weight excluding hydrogens is 660 g/mol. The maximum atomic E-state index is 12.0. The van der Waals surface area contributed by atoms with E-state index in [1.54, 1.807) is 12.4 Å². The second-order valence-corrected chi connectivity index (χ2v) is 14.4. The van der Waals surface area contributed by atoms with Crippen LogP contribution in [0.5, 0.6) is 0 Å². The number of halogens is 1. The molecule has 260 valence electrons. The monoisotopic (exact) mass is 698 g/mol. The molecule has 1 aromatic carbocycles. The number of imidazole rings is 1. The fourth-order valence-electron chi connectivity index (χ4n) is 7.99. The van der Waals surface area contributed by atoms with Crippen molar-refractivity contribution in [3.8, 4) is 22.8 Å². The Hall–Kier alpha value is -4.75. The van der Waals surface area contributed by atoms with Crippen LogP contribution in [0.1, 0.15) is 44.6 Å². The van der Waals surface area contributed by atoms with Crippen molar-refractivity contribution in [3.05, 3.63) is 76.0 Å². The highest BCUT2D eigenvalue weighted by Gasteiger charge is 2.44. The van der Waals surface area contributed by atoms with Gasteiger partial charge in [0.1, 0.15) is 5.69 Å². The Bertz CT molecular complexity index is 2060. The van der Waals surface area contributed by atoms with Gasteiger partial charge in [0.05, 0.1) is 53.1 Å². The van der Waals surface area contributed by atoms with Gasteiger partial charge in [-0.05, 0) is 55.2 Å². The minimum absolute atomic E-state index is 0.0624. The molecular formula is C36H39ClN8O5. The maximum absolute atomic E-state index is 12.0. The summed E-state index contributed by atoms with van der Waals surface area (Å²) in [5, 5.41) is 14.3. The summed E-state index contributed by atoms with van der Waals surface area (Å²) in [5.41, 5.74) is 4.41. The van der Waals surface area contributed by atoms with Gasteiger partial charge < -0.3 is 24.2 Å². The predicted molar refractivity (Wildman–Crippen MR) is 187 cm³/mol. The van der Waals surface area contributed by atoms with Crippen LogP contribution in [-0.2, 0) is 17.7 Å². The van der Waals surface area contributed by atoms with Gasteiger partial charge in [0.25, 0.3) is 0 Å². The number of aromatic nitrogens is 6. The third-order valence-electron chi connectivity index (χ3n) is 10.5. The molecule has 8 rings (SSSR count). The van der Waals surface area contributed by atoms with Gasteiger partial charge in [0, 0.05) is 31.0 Å². The van der Waals surface area contributed by atoms with Crippen LogP contribution in [0.15, 0.2) is 64.2 Å². The lowest BCUT2D eigenvalue weighted by atomic mass is 9.83. The van der Waals surface area contributed by atoms with Crippen molar-refractivity contribution in [2.24, 2.45) is 11.8 Å². The Morgan fingerprint density at radius 2 is 1.90 bits per heavy atom. The molecule has 14 heteroatoms. The van der Waals surface area contributed by atoms with Crippen LogP contribution in [-0.4, -0.2) is 83.6 Å². The van der Waals surface area contributed by atoms with E-state index >= 15 is 0 Å². The predicted octanol–water partition coefficient (Wildman–Crippen LogP) is 5.89. The van der Waals surface area contributed by atoms with E-state index in [0.29, 0.717) is 65.4 Å². The first-order valence-corrected chi connectivity index (χ1v) is 17.7. The van der Waals surface area contributed by atoms with Gasteiger partial charge in [0.15, 0.2) is 0 Å². The Balaban J connectivity index is 1.34. The van der Waals surface area contributed by atoms with Crippen LogP contribution >= 0.6 is 11.6 Å². The number of rotatable bonds is 7. The molecule has 3 fully saturated rings. The number of ether oxygens (including phenoxy) is 1. The Labute approximate surface area is 293 Å².